The lowest BCUT2D eigenvalue weighted by atomic mass is 10.0. The van der Waals surface area contributed by atoms with Gasteiger partial charge in [-0.3, -0.25) is 4.90 Å². The summed E-state index contributed by atoms with van der Waals surface area (Å²) in [5.41, 5.74) is 8.06. The molecular weight excluding hydrogens is 276 g/mol. The minimum atomic E-state index is -0.0314. The van der Waals surface area contributed by atoms with Crippen molar-refractivity contribution in [1.29, 1.82) is 0 Å². The number of nitrogens with two attached hydrogens (primary N) is 1. The zero-order valence-electron chi connectivity index (χ0n) is 13.2. The number of phenols is 1. The predicted molar refractivity (Wildman–Crippen MR) is 89.0 cm³/mol. The highest BCUT2D eigenvalue weighted by molar-refractivity contribution is 5.41. The Morgan fingerprint density at radius 1 is 1.18 bits per heavy atom. The molecule has 2 aromatic rings. The molecule has 2 aromatic carbocycles. The van der Waals surface area contributed by atoms with Gasteiger partial charge in [-0.05, 0) is 18.2 Å². The second-order valence-electron chi connectivity index (χ2n) is 5.22. The van der Waals surface area contributed by atoms with Crippen molar-refractivity contribution in [2.24, 2.45) is 5.73 Å². The molecular formula is C18H24N2O2. The zero-order valence-corrected chi connectivity index (χ0v) is 13.2. The van der Waals surface area contributed by atoms with Gasteiger partial charge in [-0.15, -0.1) is 0 Å². The number of benzene rings is 2. The number of aromatic hydroxyl groups is 1. The van der Waals surface area contributed by atoms with E-state index in [4.69, 9.17) is 10.5 Å². The third-order valence-corrected chi connectivity index (χ3v) is 3.90. The number of hydrogen-bond acceptors (Lipinski definition) is 4. The summed E-state index contributed by atoms with van der Waals surface area (Å²) < 4.78 is 5.14. The summed E-state index contributed by atoms with van der Waals surface area (Å²) in [6.07, 6.45) is 0. The smallest absolute Gasteiger partial charge is 0.124 e. The van der Waals surface area contributed by atoms with Crippen molar-refractivity contribution in [1.82, 2.24) is 4.90 Å². The van der Waals surface area contributed by atoms with Gasteiger partial charge in [0.15, 0.2) is 0 Å². The number of hydrogen-bond donors (Lipinski definition) is 2. The molecule has 3 N–H and O–H groups in total. The fourth-order valence-corrected chi connectivity index (χ4v) is 2.67. The number of nitrogens with zero attached hydrogens (tertiary/aromatic N) is 1. The van der Waals surface area contributed by atoms with Gasteiger partial charge in [-0.1, -0.05) is 43.3 Å². The highest BCUT2D eigenvalue weighted by Gasteiger charge is 2.21. The first-order chi connectivity index (χ1) is 10.7. The van der Waals surface area contributed by atoms with Crippen LogP contribution in [0.2, 0.25) is 0 Å². The van der Waals surface area contributed by atoms with E-state index < -0.39 is 0 Å². The lowest BCUT2D eigenvalue weighted by Crippen LogP contribution is -2.33. The average Bonchev–Trinajstić information content (AvgIpc) is 2.56. The molecule has 0 saturated carbocycles. The first-order valence-electron chi connectivity index (χ1n) is 7.54. The Labute approximate surface area is 132 Å². The highest BCUT2D eigenvalue weighted by atomic mass is 16.5. The van der Waals surface area contributed by atoms with Crippen molar-refractivity contribution in [3.63, 3.8) is 0 Å². The molecule has 0 spiro atoms. The third-order valence-electron chi connectivity index (χ3n) is 3.90. The van der Waals surface area contributed by atoms with Gasteiger partial charge < -0.3 is 15.6 Å². The number of phenolic OH excluding ortho intramolecular Hbond substituents is 1. The van der Waals surface area contributed by atoms with Crippen molar-refractivity contribution >= 4 is 0 Å². The SMILES string of the molecule is CCN(Cc1ccccc1)C(CN)c1ccc(OC)cc1O. The van der Waals surface area contributed by atoms with E-state index in [1.165, 1.54) is 5.56 Å². The van der Waals surface area contributed by atoms with Gasteiger partial charge in [-0.2, -0.15) is 0 Å². The van der Waals surface area contributed by atoms with E-state index in [1.54, 1.807) is 13.2 Å². The number of ether oxygens (including phenoxy) is 1. The molecule has 1 atom stereocenters. The zero-order chi connectivity index (χ0) is 15.9. The molecule has 2 rings (SSSR count). The molecule has 0 aliphatic rings. The van der Waals surface area contributed by atoms with Crippen molar-refractivity contribution in [3.8, 4) is 11.5 Å². The molecule has 118 valence electrons. The third kappa shape index (κ3) is 3.78. The van der Waals surface area contributed by atoms with E-state index in [0.717, 1.165) is 18.7 Å². The second kappa shape index (κ2) is 7.82. The molecule has 0 aliphatic heterocycles. The highest BCUT2D eigenvalue weighted by Crippen LogP contribution is 2.32. The average molecular weight is 300 g/mol. The van der Waals surface area contributed by atoms with Gasteiger partial charge in [0.1, 0.15) is 11.5 Å². The Hall–Kier alpha value is -2.04. The Kier molecular flexibility index (Phi) is 5.81. The van der Waals surface area contributed by atoms with Crippen LogP contribution in [0, 0.1) is 0 Å². The minimum Gasteiger partial charge on any atom is -0.507 e. The van der Waals surface area contributed by atoms with Crippen LogP contribution in [0.1, 0.15) is 24.1 Å². The second-order valence-corrected chi connectivity index (χ2v) is 5.22. The van der Waals surface area contributed by atoms with Crippen LogP contribution in [-0.4, -0.2) is 30.2 Å². The molecule has 0 amide bonds. The van der Waals surface area contributed by atoms with E-state index in [2.05, 4.69) is 24.0 Å². The monoisotopic (exact) mass is 300 g/mol. The molecule has 4 nitrogen and oxygen atoms in total. The van der Waals surface area contributed by atoms with Gasteiger partial charge in [0.05, 0.1) is 13.2 Å². The summed E-state index contributed by atoms with van der Waals surface area (Å²) >= 11 is 0. The normalized spacial score (nSPS) is 12.4. The lowest BCUT2D eigenvalue weighted by Gasteiger charge is -2.30. The molecule has 0 heterocycles. The summed E-state index contributed by atoms with van der Waals surface area (Å²) in [5, 5.41) is 10.3. The first-order valence-corrected chi connectivity index (χ1v) is 7.54. The summed E-state index contributed by atoms with van der Waals surface area (Å²) in [6, 6.07) is 15.6. The first kappa shape index (κ1) is 16.3. The minimum absolute atomic E-state index is 0.0314. The van der Waals surface area contributed by atoms with Gasteiger partial charge in [0.2, 0.25) is 0 Å². The lowest BCUT2D eigenvalue weighted by molar-refractivity contribution is 0.200. The number of likely N-dealkylation sites (N-methyl/N-ethyl adjacent to an activating group) is 1. The Balaban J connectivity index is 2.24. The predicted octanol–water partition coefficient (Wildman–Crippen LogP) is 2.92. The van der Waals surface area contributed by atoms with Crippen molar-refractivity contribution < 1.29 is 9.84 Å². The largest absolute Gasteiger partial charge is 0.507 e. The summed E-state index contributed by atoms with van der Waals surface area (Å²) in [7, 11) is 1.59. The van der Waals surface area contributed by atoms with Crippen molar-refractivity contribution in [2.45, 2.75) is 19.5 Å². The maximum Gasteiger partial charge on any atom is 0.124 e. The Morgan fingerprint density at radius 2 is 1.91 bits per heavy atom. The van der Waals surface area contributed by atoms with Crippen molar-refractivity contribution in [2.75, 3.05) is 20.2 Å². The standard InChI is InChI=1S/C18H24N2O2/c1-3-20(13-14-7-5-4-6-8-14)17(12-19)16-10-9-15(22-2)11-18(16)21/h4-11,17,21H,3,12-13,19H2,1-2H3. The fourth-order valence-electron chi connectivity index (χ4n) is 2.67. The molecule has 0 aromatic heterocycles. The van der Waals surface area contributed by atoms with E-state index in [-0.39, 0.29) is 11.8 Å². The Morgan fingerprint density at radius 3 is 2.45 bits per heavy atom. The summed E-state index contributed by atoms with van der Waals surface area (Å²) in [4.78, 5) is 2.26. The molecule has 22 heavy (non-hydrogen) atoms. The fraction of sp³-hybridized carbons (Fsp3) is 0.333. The van der Waals surface area contributed by atoms with E-state index in [0.29, 0.717) is 12.3 Å². The van der Waals surface area contributed by atoms with Gasteiger partial charge in [0.25, 0.3) is 0 Å². The van der Waals surface area contributed by atoms with E-state index in [1.807, 2.05) is 30.3 Å². The molecule has 0 bridgehead atoms. The van der Waals surface area contributed by atoms with Gasteiger partial charge in [-0.25, -0.2) is 0 Å². The number of rotatable bonds is 7. The molecule has 0 radical (unpaired) electrons. The van der Waals surface area contributed by atoms with Crippen LogP contribution < -0.4 is 10.5 Å². The summed E-state index contributed by atoms with van der Waals surface area (Å²) in [5.74, 6) is 0.865. The van der Waals surface area contributed by atoms with Crippen molar-refractivity contribution in [3.05, 3.63) is 59.7 Å². The maximum absolute atomic E-state index is 10.3. The molecule has 0 aliphatic carbocycles. The number of methoxy groups -OCH3 is 1. The molecule has 1 unspecified atom stereocenters. The quantitative estimate of drug-likeness (QED) is 0.825. The van der Waals surface area contributed by atoms with Crippen LogP contribution in [0.25, 0.3) is 0 Å². The van der Waals surface area contributed by atoms with Gasteiger partial charge >= 0.3 is 0 Å². The molecule has 0 fully saturated rings. The van der Waals surface area contributed by atoms with E-state index >= 15 is 0 Å². The van der Waals surface area contributed by atoms with Crippen LogP contribution in [-0.2, 0) is 6.54 Å². The summed E-state index contributed by atoms with van der Waals surface area (Å²) in [6.45, 7) is 4.19. The van der Waals surface area contributed by atoms with E-state index in [9.17, 15) is 5.11 Å². The maximum atomic E-state index is 10.3. The van der Waals surface area contributed by atoms with Crippen LogP contribution in [0.5, 0.6) is 11.5 Å². The molecule has 0 saturated heterocycles. The topological polar surface area (TPSA) is 58.7 Å². The van der Waals surface area contributed by atoms with Crippen LogP contribution >= 0.6 is 0 Å². The van der Waals surface area contributed by atoms with Crippen LogP contribution in [0.15, 0.2) is 48.5 Å². The van der Waals surface area contributed by atoms with Crippen LogP contribution in [0.4, 0.5) is 0 Å². The van der Waals surface area contributed by atoms with Gasteiger partial charge in [0, 0.05) is 24.7 Å². The van der Waals surface area contributed by atoms with Crippen LogP contribution in [0.3, 0.4) is 0 Å². The molecule has 4 heteroatoms. The Bertz CT molecular complexity index is 587.